The smallest absolute Gasteiger partial charge is 0.387 e. The fraction of sp³-hybridized carbons (Fsp3) is 0.133. The number of hydrogen-bond donors (Lipinski definition) is 2. The Balaban J connectivity index is 1.95. The van der Waals surface area contributed by atoms with E-state index in [1.807, 2.05) is 6.92 Å². The third-order valence-electron chi connectivity index (χ3n) is 2.75. The maximum atomic E-state index is 12.0. The highest BCUT2D eigenvalue weighted by molar-refractivity contribution is 6.31. The lowest BCUT2D eigenvalue weighted by Crippen LogP contribution is -2.19. The van der Waals surface area contributed by atoms with Crippen molar-refractivity contribution in [3.63, 3.8) is 0 Å². The van der Waals surface area contributed by atoms with Gasteiger partial charge in [0.25, 0.3) is 0 Å². The van der Waals surface area contributed by atoms with E-state index in [4.69, 9.17) is 11.6 Å². The Bertz CT molecular complexity index is 663. The molecule has 22 heavy (non-hydrogen) atoms. The lowest BCUT2D eigenvalue weighted by Gasteiger charge is -2.10. The molecule has 0 aliphatic carbocycles. The topological polar surface area (TPSA) is 50.4 Å². The van der Waals surface area contributed by atoms with Crippen LogP contribution < -0.4 is 15.4 Å². The normalized spacial score (nSPS) is 10.4. The van der Waals surface area contributed by atoms with Gasteiger partial charge in [-0.05, 0) is 55.0 Å². The number of aryl methyl sites for hydroxylation is 1. The number of alkyl halides is 2. The fourth-order valence-electron chi connectivity index (χ4n) is 1.74. The van der Waals surface area contributed by atoms with Crippen molar-refractivity contribution in [2.24, 2.45) is 0 Å². The van der Waals surface area contributed by atoms with Crippen LogP contribution in [0.15, 0.2) is 42.5 Å². The van der Waals surface area contributed by atoms with E-state index >= 15 is 0 Å². The zero-order chi connectivity index (χ0) is 16.1. The van der Waals surface area contributed by atoms with Crippen LogP contribution in [0.1, 0.15) is 5.56 Å². The zero-order valence-corrected chi connectivity index (χ0v) is 12.3. The quantitative estimate of drug-likeness (QED) is 0.840. The van der Waals surface area contributed by atoms with Crippen LogP contribution >= 0.6 is 11.6 Å². The summed E-state index contributed by atoms with van der Waals surface area (Å²) < 4.78 is 28.3. The van der Waals surface area contributed by atoms with Crippen LogP contribution in [0.5, 0.6) is 5.75 Å². The van der Waals surface area contributed by atoms with Gasteiger partial charge in [0.05, 0.1) is 0 Å². The number of urea groups is 1. The Labute approximate surface area is 131 Å². The van der Waals surface area contributed by atoms with Crippen LogP contribution in [0.25, 0.3) is 0 Å². The number of rotatable bonds is 4. The molecule has 116 valence electrons. The fourth-order valence-corrected chi connectivity index (χ4v) is 1.85. The standard InChI is InChI=1S/C15H13ClF2N2O2/c1-9-8-11(4-7-13(9)16)20-15(21)19-10-2-5-12(6-3-10)22-14(17)18/h2-8,14H,1H3,(H2,19,20,21). The molecule has 2 aromatic rings. The number of carbonyl (C=O) groups is 1. The molecule has 0 spiro atoms. The summed E-state index contributed by atoms with van der Waals surface area (Å²) in [6.45, 7) is -1.05. The molecule has 7 heteroatoms. The van der Waals surface area contributed by atoms with Crippen molar-refractivity contribution in [2.75, 3.05) is 10.6 Å². The molecule has 0 atom stereocenters. The maximum absolute atomic E-state index is 12.0. The van der Waals surface area contributed by atoms with Crippen LogP contribution in [0.2, 0.25) is 5.02 Å². The van der Waals surface area contributed by atoms with Gasteiger partial charge in [-0.2, -0.15) is 8.78 Å². The second-order valence-corrected chi connectivity index (χ2v) is 4.85. The monoisotopic (exact) mass is 326 g/mol. The van der Waals surface area contributed by atoms with Crippen LogP contribution in [0.4, 0.5) is 25.0 Å². The van der Waals surface area contributed by atoms with Gasteiger partial charge < -0.3 is 15.4 Å². The van der Waals surface area contributed by atoms with E-state index in [2.05, 4.69) is 15.4 Å². The molecule has 0 fully saturated rings. The summed E-state index contributed by atoms with van der Waals surface area (Å²) in [6, 6.07) is 10.3. The average Bonchev–Trinajstić information content (AvgIpc) is 2.44. The van der Waals surface area contributed by atoms with Crippen molar-refractivity contribution in [1.29, 1.82) is 0 Å². The lowest BCUT2D eigenvalue weighted by molar-refractivity contribution is -0.0498. The molecule has 2 rings (SSSR count). The molecule has 0 aliphatic rings. The minimum absolute atomic E-state index is 0.0225. The molecule has 0 radical (unpaired) electrons. The number of carbonyl (C=O) groups excluding carboxylic acids is 1. The average molecular weight is 327 g/mol. The molecule has 2 N–H and O–H groups in total. The summed E-state index contributed by atoms with van der Waals surface area (Å²) in [4.78, 5) is 11.8. The van der Waals surface area contributed by atoms with Gasteiger partial charge in [-0.15, -0.1) is 0 Å². The summed E-state index contributed by atoms with van der Waals surface area (Å²) in [6.07, 6.45) is 0. The van der Waals surface area contributed by atoms with Crippen LogP contribution in [-0.4, -0.2) is 12.6 Å². The predicted octanol–water partition coefficient (Wildman–Crippen LogP) is 4.89. The van der Waals surface area contributed by atoms with E-state index in [1.165, 1.54) is 24.3 Å². The molecule has 2 amide bonds. The first-order valence-corrected chi connectivity index (χ1v) is 6.71. The lowest BCUT2D eigenvalue weighted by atomic mass is 10.2. The van der Waals surface area contributed by atoms with Gasteiger partial charge in [-0.1, -0.05) is 11.6 Å². The van der Waals surface area contributed by atoms with Gasteiger partial charge in [-0.3, -0.25) is 0 Å². The Hall–Kier alpha value is -2.34. The molecular weight excluding hydrogens is 314 g/mol. The largest absolute Gasteiger partial charge is 0.435 e. The first-order valence-electron chi connectivity index (χ1n) is 6.33. The van der Waals surface area contributed by atoms with Crippen molar-refractivity contribution in [3.8, 4) is 5.75 Å². The third kappa shape index (κ3) is 4.60. The van der Waals surface area contributed by atoms with Gasteiger partial charge in [0.1, 0.15) is 5.75 Å². The number of amides is 2. The van der Waals surface area contributed by atoms with E-state index in [-0.39, 0.29) is 5.75 Å². The molecular formula is C15H13ClF2N2O2. The van der Waals surface area contributed by atoms with E-state index in [9.17, 15) is 13.6 Å². The second-order valence-electron chi connectivity index (χ2n) is 4.45. The summed E-state index contributed by atoms with van der Waals surface area (Å²) in [5, 5.41) is 5.84. The number of hydrogen-bond acceptors (Lipinski definition) is 2. The number of halogens is 3. The predicted molar refractivity (Wildman–Crippen MR) is 81.9 cm³/mol. The van der Waals surface area contributed by atoms with Gasteiger partial charge in [-0.25, -0.2) is 4.79 Å². The second kappa shape index (κ2) is 7.09. The first-order chi connectivity index (χ1) is 10.4. The van der Waals surface area contributed by atoms with E-state index in [0.29, 0.717) is 16.4 Å². The number of ether oxygens (including phenoxy) is 1. The van der Waals surface area contributed by atoms with E-state index in [1.54, 1.807) is 18.2 Å². The molecule has 0 unspecified atom stereocenters. The number of anilines is 2. The third-order valence-corrected chi connectivity index (χ3v) is 3.18. The summed E-state index contributed by atoms with van der Waals surface area (Å²) in [5.74, 6) is 0.0225. The van der Waals surface area contributed by atoms with Crippen molar-refractivity contribution in [3.05, 3.63) is 53.1 Å². The first kappa shape index (κ1) is 16.0. The highest BCUT2D eigenvalue weighted by Gasteiger charge is 2.06. The molecule has 0 aliphatic heterocycles. The zero-order valence-electron chi connectivity index (χ0n) is 11.6. The summed E-state index contributed by atoms with van der Waals surface area (Å²) in [5.41, 5.74) is 1.88. The van der Waals surface area contributed by atoms with Gasteiger partial charge in [0, 0.05) is 16.4 Å². The van der Waals surface area contributed by atoms with Crippen LogP contribution in [0, 0.1) is 6.92 Å². The minimum Gasteiger partial charge on any atom is -0.435 e. The van der Waals surface area contributed by atoms with Crippen LogP contribution in [-0.2, 0) is 0 Å². The highest BCUT2D eigenvalue weighted by Crippen LogP contribution is 2.20. The Kier molecular flexibility index (Phi) is 5.16. The summed E-state index contributed by atoms with van der Waals surface area (Å²) >= 11 is 5.90. The number of nitrogens with one attached hydrogen (secondary N) is 2. The Morgan fingerprint density at radius 2 is 1.68 bits per heavy atom. The number of benzene rings is 2. The van der Waals surface area contributed by atoms with E-state index < -0.39 is 12.6 Å². The minimum atomic E-state index is -2.88. The van der Waals surface area contributed by atoms with Crippen LogP contribution in [0.3, 0.4) is 0 Å². The molecule has 0 saturated carbocycles. The Morgan fingerprint density at radius 3 is 2.27 bits per heavy atom. The van der Waals surface area contributed by atoms with Crippen molar-refractivity contribution in [1.82, 2.24) is 0 Å². The highest BCUT2D eigenvalue weighted by atomic mass is 35.5. The van der Waals surface area contributed by atoms with Crippen molar-refractivity contribution in [2.45, 2.75) is 13.5 Å². The summed E-state index contributed by atoms with van der Waals surface area (Å²) in [7, 11) is 0. The maximum Gasteiger partial charge on any atom is 0.387 e. The Morgan fingerprint density at radius 1 is 1.09 bits per heavy atom. The van der Waals surface area contributed by atoms with E-state index in [0.717, 1.165) is 5.56 Å². The molecule has 0 saturated heterocycles. The molecule has 4 nitrogen and oxygen atoms in total. The molecule has 2 aromatic carbocycles. The SMILES string of the molecule is Cc1cc(NC(=O)Nc2ccc(OC(F)F)cc2)ccc1Cl. The van der Waals surface area contributed by atoms with Gasteiger partial charge in [0.2, 0.25) is 0 Å². The molecule has 0 aromatic heterocycles. The van der Waals surface area contributed by atoms with Gasteiger partial charge in [0.15, 0.2) is 0 Å². The van der Waals surface area contributed by atoms with Crippen molar-refractivity contribution < 1.29 is 18.3 Å². The van der Waals surface area contributed by atoms with Gasteiger partial charge >= 0.3 is 12.6 Å². The van der Waals surface area contributed by atoms with Crippen molar-refractivity contribution >= 4 is 29.0 Å². The molecule has 0 heterocycles. The molecule has 0 bridgehead atoms.